The number of nitrogens with one attached hydrogen (secondary N) is 1. The number of rotatable bonds is 1. The molecule has 0 aliphatic heterocycles. The van der Waals surface area contributed by atoms with Crippen molar-refractivity contribution in [1.82, 2.24) is 5.16 Å². The Morgan fingerprint density at radius 3 is 2.54 bits per heavy atom. The van der Waals surface area contributed by atoms with Gasteiger partial charge in [0.25, 0.3) is 4.87 Å². The molecule has 2 rings (SSSR count). The minimum absolute atomic E-state index is 0.123. The van der Waals surface area contributed by atoms with Gasteiger partial charge < -0.3 is 4.52 Å². The minimum atomic E-state index is 0.123. The van der Waals surface area contributed by atoms with Crippen molar-refractivity contribution in [2.75, 3.05) is 0 Å². The second-order valence-corrected chi connectivity index (χ2v) is 4.26. The molecule has 13 heavy (non-hydrogen) atoms. The molecular formula is C8H5BrN2OS. The molecule has 3 nitrogen and oxygen atoms in total. The van der Waals surface area contributed by atoms with E-state index < -0.39 is 0 Å². The van der Waals surface area contributed by atoms with Gasteiger partial charge in [0.2, 0.25) is 0 Å². The molecule has 1 aromatic carbocycles. The van der Waals surface area contributed by atoms with Crippen molar-refractivity contribution in [3.8, 4) is 10.6 Å². The molecule has 0 amide bonds. The fourth-order valence-electron chi connectivity index (χ4n) is 0.912. The average molecular weight is 257 g/mol. The molecule has 2 aromatic rings. The van der Waals surface area contributed by atoms with Gasteiger partial charge in [-0.25, -0.2) is 0 Å². The van der Waals surface area contributed by atoms with E-state index in [-0.39, 0.29) is 4.87 Å². The van der Waals surface area contributed by atoms with Gasteiger partial charge in [-0.05, 0) is 12.1 Å². The SMILES string of the molecule is N=c1onc(-c2ccc(Br)cc2)s1. The van der Waals surface area contributed by atoms with Crippen LogP contribution >= 0.6 is 27.3 Å². The molecule has 0 bridgehead atoms. The lowest BCUT2D eigenvalue weighted by atomic mass is 10.2. The molecule has 0 atom stereocenters. The molecule has 0 aliphatic rings. The summed E-state index contributed by atoms with van der Waals surface area (Å²) < 4.78 is 5.70. The second kappa shape index (κ2) is 3.43. The topological polar surface area (TPSA) is 49.9 Å². The molecule has 0 spiro atoms. The van der Waals surface area contributed by atoms with Crippen molar-refractivity contribution >= 4 is 27.3 Å². The lowest BCUT2D eigenvalue weighted by Gasteiger charge is -1.92. The van der Waals surface area contributed by atoms with Crippen LogP contribution in [0.3, 0.4) is 0 Å². The van der Waals surface area contributed by atoms with Crippen LogP contribution in [0.2, 0.25) is 0 Å². The highest BCUT2D eigenvalue weighted by Gasteiger charge is 2.02. The van der Waals surface area contributed by atoms with Gasteiger partial charge in [0.15, 0.2) is 5.01 Å². The summed E-state index contributed by atoms with van der Waals surface area (Å²) in [7, 11) is 0. The predicted octanol–water partition coefficient (Wildman–Crippen LogP) is 2.65. The first-order valence-electron chi connectivity index (χ1n) is 3.53. The van der Waals surface area contributed by atoms with Gasteiger partial charge in [-0.1, -0.05) is 44.6 Å². The van der Waals surface area contributed by atoms with E-state index in [0.717, 1.165) is 15.0 Å². The Kier molecular flexibility index (Phi) is 2.28. The van der Waals surface area contributed by atoms with E-state index in [4.69, 9.17) is 5.41 Å². The van der Waals surface area contributed by atoms with Gasteiger partial charge in [0.1, 0.15) is 0 Å². The molecule has 0 unspecified atom stereocenters. The van der Waals surface area contributed by atoms with Crippen molar-refractivity contribution in [2.24, 2.45) is 0 Å². The molecule has 66 valence electrons. The highest BCUT2D eigenvalue weighted by molar-refractivity contribution is 9.10. The minimum Gasteiger partial charge on any atom is -0.324 e. The molecule has 1 aromatic heterocycles. The van der Waals surface area contributed by atoms with Crippen LogP contribution in [0.1, 0.15) is 0 Å². The lowest BCUT2D eigenvalue weighted by Crippen LogP contribution is -1.80. The van der Waals surface area contributed by atoms with Crippen molar-refractivity contribution in [3.63, 3.8) is 0 Å². The Bertz CT molecular complexity index is 459. The average Bonchev–Trinajstić information content (AvgIpc) is 2.53. The Morgan fingerprint density at radius 2 is 2.00 bits per heavy atom. The largest absolute Gasteiger partial charge is 0.324 e. The fraction of sp³-hybridized carbons (Fsp3) is 0. The van der Waals surface area contributed by atoms with Gasteiger partial charge >= 0.3 is 0 Å². The molecule has 0 radical (unpaired) electrons. The number of hydrogen-bond donors (Lipinski definition) is 1. The highest BCUT2D eigenvalue weighted by Crippen LogP contribution is 2.21. The summed E-state index contributed by atoms with van der Waals surface area (Å²) in [6, 6.07) is 7.72. The zero-order valence-corrected chi connectivity index (χ0v) is 8.85. The van der Waals surface area contributed by atoms with Gasteiger partial charge in [-0.3, -0.25) is 5.41 Å². The smallest absolute Gasteiger partial charge is 0.300 e. The second-order valence-electron chi connectivity index (χ2n) is 2.38. The van der Waals surface area contributed by atoms with E-state index in [1.165, 1.54) is 11.3 Å². The van der Waals surface area contributed by atoms with Crippen LogP contribution in [0, 0.1) is 5.41 Å². The first-order chi connectivity index (χ1) is 6.25. The van der Waals surface area contributed by atoms with Crippen LogP contribution in [-0.4, -0.2) is 5.16 Å². The lowest BCUT2D eigenvalue weighted by molar-refractivity contribution is 0.383. The monoisotopic (exact) mass is 256 g/mol. The van der Waals surface area contributed by atoms with Crippen LogP contribution in [0.15, 0.2) is 33.3 Å². The summed E-state index contributed by atoms with van der Waals surface area (Å²) in [6.45, 7) is 0. The van der Waals surface area contributed by atoms with Crippen LogP contribution < -0.4 is 4.87 Å². The van der Waals surface area contributed by atoms with Gasteiger partial charge in [0, 0.05) is 10.0 Å². The molecular weight excluding hydrogens is 252 g/mol. The molecule has 0 aliphatic carbocycles. The first-order valence-corrected chi connectivity index (χ1v) is 5.14. The molecule has 0 saturated heterocycles. The van der Waals surface area contributed by atoms with Crippen molar-refractivity contribution in [3.05, 3.63) is 33.6 Å². The standard InChI is InChI=1S/C8H5BrN2OS/c9-6-3-1-5(2-4-6)7-11-12-8(10)13-7/h1-4,10H. The Balaban J connectivity index is 2.47. The Morgan fingerprint density at radius 1 is 1.31 bits per heavy atom. The normalized spacial score (nSPS) is 10.2. The third-order valence-corrected chi connectivity index (χ3v) is 2.78. The first kappa shape index (κ1) is 8.65. The summed E-state index contributed by atoms with van der Waals surface area (Å²) in [5.74, 6) is 0. The van der Waals surface area contributed by atoms with Crippen molar-refractivity contribution < 1.29 is 4.52 Å². The highest BCUT2D eigenvalue weighted by atomic mass is 79.9. The number of hydrogen-bond acceptors (Lipinski definition) is 4. The molecule has 1 N–H and O–H groups in total. The van der Waals surface area contributed by atoms with E-state index in [2.05, 4.69) is 25.6 Å². The molecule has 0 saturated carbocycles. The van der Waals surface area contributed by atoms with Crippen LogP contribution in [-0.2, 0) is 0 Å². The number of aromatic nitrogens is 1. The summed E-state index contributed by atoms with van der Waals surface area (Å²) in [4.78, 5) is 0.123. The Hall–Kier alpha value is -0.940. The van der Waals surface area contributed by atoms with Crippen molar-refractivity contribution in [2.45, 2.75) is 0 Å². The van der Waals surface area contributed by atoms with E-state index in [9.17, 15) is 0 Å². The maximum Gasteiger partial charge on any atom is 0.300 e. The summed E-state index contributed by atoms with van der Waals surface area (Å²) >= 11 is 4.57. The third kappa shape index (κ3) is 1.87. The van der Waals surface area contributed by atoms with Gasteiger partial charge in [-0.15, -0.1) is 0 Å². The fourth-order valence-corrected chi connectivity index (χ4v) is 1.76. The number of halogens is 1. The number of nitrogens with zero attached hydrogens (tertiary/aromatic N) is 1. The summed E-state index contributed by atoms with van der Waals surface area (Å²) in [5, 5.41) is 11.7. The summed E-state index contributed by atoms with van der Waals surface area (Å²) in [6.07, 6.45) is 0. The maximum atomic E-state index is 7.19. The molecule has 0 fully saturated rings. The Labute approximate surface area is 86.7 Å². The van der Waals surface area contributed by atoms with Crippen LogP contribution in [0.5, 0.6) is 0 Å². The summed E-state index contributed by atoms with van der Waals surface area (Å²) in [5.41, 5.74) is 0.968. The predicted molar refractivity (Wildman–Crippen MR) is 53.4 cm³/mol. The maximum absolute atomic E-state index is 7.19. The zero-order chi connectivity index (χ0) is 9.26. The van der Waals surface area contributed by atoms with Crippen LogP contribution in [0.4, 0.5) is 0 Å². The van der Waals surface area contributed by atoms with E-state index in [0.29, 0.717) is 0 Å². The molecule has 1 heterocycles. The quantitative estimate of drug-likeness (QED) is 0.853. The van der Waals surface area contributed by atoms with E-state index in [1.807, 2.05) is 24.3 Å². The zero-order valence-electron chi connectivity index (χ0n) is 6.45. The van der Waals surface area contributed by atoms with Gasteiger partial charge in [0.05, 0.1) is 0 Å². The van der Waals surface area contributed by atoms with Crippen LogP contribution in [0.25, 0.3) is 10.6 Å². The van der Waals surface area contributed by atoms with E-state index in [1.54, 1.807) is 0 Å². The number of benzene rings is 1. The van der Waals surface area contributed by atoms with E-state index >= 15 is 0 Å². The molecule has 5 heteroatoms. The van der Waals surface area contributed by atoms with Crippen molar-refractivity contribution in [1.29, 1.82) is 5.41 Å². The van der Waals surface area contributed by atoms with Gasteiger partial charge in [-0.2, -0.15) is 0 Å². The third-order valence-electron chi connectivity index (χ3n) is 1.49.